The van der Waals surface area contributed by atoms with E-state index < -0.39 is 5.60 Å². The van der Waals surface area contributed by atoms with Gasteiger partial charge in [-0.2, -0.15) is 0 Å². The normalized spacial score (nSPS) is 21.3. The van der Waals surface area contributed by atoms with Gasteiger partial charge in [-0.15, -0.1) is 0 Å². The number of piperidine rings is 1. The number of nitrogens with one attached hydrogen (secondary N) is 1. The molecule has 2 atom stereocenters. The maximum atomic E-state index is 12.5. The minimum Gasteiger partial charge on any atom is -0.493 e. The van der Waals surface area contributed by atoms with Gasteiger partial charge < -0.3 is 19.7 Å². The predicted molar refractivity (Wildman–Crippen MR) is 112 cm³/mol. The summed E-state index contributed by atoms with van der Waals surface area (Å²) < 4.78 is 12.2. The molecule has 1 saturated heterocycles. The highest BCUT2D eigenvalue weighted by Crippen LogP contribution is 2.37. The smallest absolute Gasteiger partial charge is 0.410 e. The van der Waals surface area contributed by atoms with Crippen molar-refractivity contribution in [3.8, 4) is 5.75 Å². The number of amides is 1. The molecule has 2 aromatic rings. The third-order valence-corrected chi connectivity index (χ3v) is 5.92. The lowest BCUT2D eigenvalue weighted by atomic mass is 10.0. The molecule has 0 unspecified atom stereocenters. The van der Waals surface area contributed by atoms with Crippen molar-refractivity contribution in [3.05, 3.63) is 28.1 Å². The quantitative estimate of drug-likeness (QED) is 0.454. The van der Waals surface area contributed by atoms with Crippen molar-refractivity contribution >= 4 is 32.8 Å². The van der Waals surface area contributed by atoms with Crippen LogP contribution in [-0.2, 0) is 11.2 Å². The Hall–Kier alpha value is -2.71. The minimum absolute atomic E-state index is 0.239. The maximum absolute atomic E-state index is 12.5. The van der Waals surface area contributed by atoms with Gasteiger partial charge in [0.25, 0.3) is 0 Å². The second-order valence-corrected chi connectivity index (χ2v) is 9.28. The number of thiazole rings is 1. The fourth-order valence-corrected chi connectivity index (χ4v) is 4.63. The molecule has 29 heavy (non-hydrogen) atoms. The number of ether oxygens (including phenoxy) is 2. The Morgan fingerprint density at radius 3 is 3.07 bits per heavy atom. The monoisotopic (exact) mass is 416 g/mol. The second kappa shape index (κ2) is 7.61. The topological polar surface area (TPSA) is 112 Å². The number of carbonyl (C=O) groups is 1. The molecule has 1 aromatic carbocycles. The number of nitrogens with zero attached hydrogens (tertiary/aromatic N) is 5. The number of fused-ring (bicyclic) bond motifs is 3. The Morgan fingerprint density at radius 1 is 1.48 bits per heavy atom. The molecule has 3 heterocycles. The van der Waals surface area contributed by atoms with E-state index in [-0.39, 0.29) is 18.2 Å². The fourth-order valence-electron chi connectivity index (χ4n) is 3.67. The SMILES string of the molecule is CC(C)(C)OC(=O)N1CC[C@H](N=[N+]=[N-])[C@@H](Nc2nc3c4c(ccc3s2)OCC4)C1. The van der Waals surface area contributed by atoms with Crippen LogP contribution >= 0.6 is 11.3 Å². The van der Waals surface area contributed by atoms with Crippen LogP contribution in [0.15, 0.2) is 17.2 Å². The molecule has 2 aliphatic heterocycles. The molecule has 0 saturated carbocycles. The summed E-state index contributed by atoms with van der Waals surface area (Å²) in [6.07, 6.45) is 1.06. The number of rotatable bonds is 3. The highest BCUT2D eigenvalue weighted by molar-refractivity contribution is 7.22. The molecule has 0 bridgehead atoms. The molecular weight excluding hydrogens is 392 g/mol. The summed E-state index contributed by atoms with van der Waals surface area (Å²) in [4.78, 5) is 21.9. The Labute approximate surface area is 172 Å². The third-order valence-electron chi connectivity index (χ3n) is 4.97. The van der Waals surface area contributed by atoms with E-state index in [0.717, 1.165) is 33.1 Å². The Morgan fingerprint density at radius 2 is 2.31 bits per heavy atom. The molecule has 0 radical (unpaired) electrons. The Bertz CT molecular complexity index is 978. The van der Waals surface area contributed by atoms with Crippen LogP contribution in [0.5, 0.6) is 5.75 Å². The van der Waals surface area contributed by atoms with Crippen LogP contribution in [0.2, 0.25) is 0 Å². The lowest BCUT2D eigenvalue weighted by molar-refractivity contribution is 0.0196. The van der Waals surface area contributed by atoms with Gasteiger partial charge in [-0.05, 0) is 44.9 Å². The van der Waals surface area contributed by atoms with Crippen LogP contribution in [-0.4, -0.2) is 53.4 Å². The first kappa shape index (κ1) is 19.6. The van der Waals surface area contributed by atoms with Crippen molar-refractivity contribution in [3.63, 3.8) is 0 Å². The Balaban J connectivity index is 1.55. The molecule has 0 spiro atoms. The predicted octanol–water partition coefficient (Wildman–Crippen LogP) is 4.33. The van der Waals surface area contributed by atoms with Crippen molar-refractivity contribution < 1.29 is 14.3 Å². The summed E-state index contributed by atoms with van der Waals surface area (Å²) in [5.74, 6) is 0.898. The van der Waals surface area contributed by atoms with E-state index in [0.29, 0.717) is 26.1 Å². The first-order valence-electron chi connectivity index (χ1n) is 9.68. The lowest BCUT2D eigenvalue weighted by Crippen LogP contribution is -2.52. The van der Waals surface area contributed by atoms with Crippen molar-refractivity contribution in [1.82, 2.24) is 9.88 Å². The van der Waals surface area contributed by atoms with Crippen molar-refractivity contribution in [2.24, 2.45) is 5.11 Å². The number of likely N-dealkylation sites (tertiary alicyclic amines) is 1. The van der Waals surface area contributed by atoms with E-state index in [2.05, 4.69) is 15.3 Å². The number of azide groups is 1. The summed E-state index contributed by atoms with van der Waals surface area (Å²) >= 11 is 1.55. The van der Waals surface area contributed by atoms with Crippen LogP contribution in [0, 0.1) is 0 Å². The average Bonchev–Trinajstić information content (AvgIpc) is 3.27. The van der Waals surface area contributed by atoms with Crippen LogP contribution < -0.4 is 10.1 Å². The number of hydrogen-bond acceptors (Lipinski definition) is 7. The molecule has 1 fully saturated rings. The van der Waals surface area contributed by atoms with Crippen LogP contribution in [0.4, 0.5) is 9.93 Å². The zero-order chi connectivity index (χ0) is 20.6. The van der Waals surface area contributed by atoms with Gasteiger partial charge in [0.15, 0.2) is 5.13 Å². The molecule has 1 aromatic heterocycles. The highest BCUT2D eigenvalue weighted by atomic mass is 32.1. The number of anilines is 1. The number of benzene rings is 1. The van der Waals surface area contributed by atoms with E-state index in [9.17, 15) is 4.79 Å². The van der Waals surface area contributed by atoms with E-state index in [4.69, 9.17) is 20.0 Å². The van der Waals surface area contributed by atoms with Gasteiger partial charge in [0.1, 0.15) is 11.4 Å². The van der Waals surface area contributed by atoms with Crippen LogP contribution in [0.1, 0.15) is 32.8 Å². The molecule has 2 aliphatic rings. The molecule has 0 aliphatic carbocycles. The van der Waals surface area contributed by atoms with E-state index in [1.165, 1.54) is 0 Å². The largest absolute Gasteiger partial charge is 0.493 e. The average molecular weight is 417 g/mol. The first-order valence-corrected chi connectivity index (χ1v) is 10.5. The molecular formula is C19H24N6O3S. The van der Waals surface area contributed by atoms with Gasteiger partial charge in [0, 0.05) is 30.0 Å². The minimum atomic E-state index is -0.558. The van der Waals surface area contributed by atoms with Crippen molar-refractivity contribution in [2.75, 3.05) is 25.0 Å². The van der Waals surface area contributed by atoms with E-state index in [1.807, 2.05) is 32.9 Å². The molecule has 154 valence electrons. The lowest BCUT2D eigenvalue weighted by Gasteiger charge is -2.37. The van der Waals surface area contributed by atoms with Crippen LogP contribution in [0.3, 0.4) is 0 Å². The molecule has 9 nitrogen and oxygen atoms in total. The third kappa shape index (κ3) is 4.18. The zero-order valence-corrected chi connectivity index (χ0v) is 17.5. The molecule has 1 amide bonds. The summed E-state index contributed by atoms with van der Waals surface area (Å²) in [5.41, 5.74) is 10.5. The molecule has 4 rings (SSSR count). The standard InChI is InChI=1S/C19H24N6O3S/c1-19(2,3)28-18(26)25-8-6-12(23-24-20)13(10-25)21-17-22-16-11-7-9-27-14(11)4-5-15(16)29-17/h4-5,12-13H,6-10H2,1-3H3,(H,21,22)/t12-,13-/m0/s1. The number of aromatic nitrogens is 1. The first-order chi connectivity index (χ1) is 13.8. The highest BCUT2D eigenvalue weighted by Gasteiger charge is 2.33. The van der Waals surface area contributed by atoms with E-state index in [1.54, 1.807) is 16.2 Å². The van der Waals surface area contributed by atoms with Gasteiger partial charge >= 0.3 is 6.09 Å². The van der Waals surface area contributed by atoms with Crippen molar-refractivity contribution in [2.45, 2.75) is 51.3 Å². The maximum Gasteiger partial charge on any atom is 0.410 e. The summed E-state index contributed by atoms with van der Waals surface area (Å²) in [5, 5.41) is 8.08. The summed E-state index contributed by atoms with van der Waals surface area (Å²) in [7, 11) is 0. The van der Waals surface area contributed by atoms with E-state index >= 15 is 0 Å². The number of hydrogen-bond donors (Lipinski definition) is 1. The van der Waals surface area contributed by atoms with Gasteiger partial charge in [-0.1, -0.05) is 16.5 Å². The Kier molecular flexibility index (Phi) is 5.14. The summed E-state index contributed by atoms with van der Waals surface area (Å²) in [6.45, 7) is 7.09. The molecule has 10 heteroatoms. The molecule has 1 N–H and O–H groups in total. The zero-order valence-electron chi connectivity index (χ0n) is 16.7. The van der Waals surface area contributed by atoms with Crippen molar-refractivity contribution in [1.29, 1.82) is 0 Å². The van der Waals surface area contributed by atoms with Crippen LogP contribution in [0.25, 0.3) is 20.7 Å². The van der Waals surface area contributed by atoms with Gasteiger partial charge in [-0.3, -0.25) is 0 Å². The van der Waals surface area contributed by atoms with Gasteiger partial charge in [0.05, 0.1) is 28.9 Å². The van der Waals surface area contributed by atoms with Gasteiger partial charge in [0.2, 0.25) is 0 Å². The summed E-state index contributed by atoms with van der Waals surface area (Å²) in [6, 6.07) is 3.50. The second-order valence-electron chi connectivity index (χ2n) is 8.24. The fraction of sp³-hybridized carbons (Fsp3) is 0.579. The number of carbonyl (C=O) groups excluding carboxylic acids is 1. The van der Waals surface area contributed by atoms with Gasteiger partial charge in [-0.25, -0.2) is 9.78 Å².